The van der Waals surface area contributed by atoms with Crippen molar-refractivity contribution in [2.45, 2.75) is 12.8 Å². The predicted molar refractivity (Wildman–Crippen MR) is 124 cm³/mol. The second-order valence-electron chi connectivity index (χ2n) is 7.29. The molecule has 30 heavy (non-hydrogen) atoms. The minimum absolute atomic E-state index is 0.634. The Kier molecular flexibility index (Phi) is 6.92. The Morgan fingerprint density at radius 3 is 2.37 bits per heavy atom. The molecule has 0 spiro atoms. The second-order valence-corrected chi connectivity index (χ2v) is 8.13. The molecule has 152 valence electrons. The lowest BCUT2D eigenvalue weighted by Gasteiger charge is -2.13. The highest BCUT2D eigenvalue weighted by Crippen LogP contribution is 2.26. The first kappa shape index (κ1) is 20.8. The van der Waals surface area contributed by atoms with E-state index in [1.165, 1.54) is 25.9 Å². The van der Waals surface area contributed by atoms with Gasteiger partial charge >= 0.3 is 0 Å². The maximum atomic E-state index is 6.41. The molecule has 1 saturated heterocycles. The highest BCUT2D eigenvalue weighted by Gasteiger charge is 2.13. The fourth-order valence-electron chi connectivity index (χ4n) is 3.45. The van der Waals surface area contributed by atoms with Gasteiger partial charge in [-0.3, -0.25) is 4.90 Å². The molecule has 0 radical (unpaired) electrons. The van der Waals surface area contributed by atoms with Gasteiger partial charge in [-0.05, 0) is 67.7 Å². The fourth-order valence-corrected chi connectivity index (χ4v) is 3.81. The second kappa shape index (κ2) is 10.00. The van der Waals surface area contributed by atoms with Crippen LogP contribution in [-0.2, 0) is 0 Å². The smallest absolute Gasteiger partial charge is 0.273 e. The first-order chi connectivity index (χ1) is 14.7. The zero-order chi connectivity index (χ0) is 20.8. The molecule has 0 aliphatic carbocycles. The van der Waals surface area contributed by atoms with Crippen molar-refractivity contribution in [1.29, 1.82) is 0 Å². The fraction of sp³-hybridized carbons (Fsp3) is 0.240. The lowest BCUT2D eigenvalue weighted by Crippen LogP contribution is -2.24. The summed E-state index contributed by atoms with van der Waals surface area (Å²) in [5, 5.41) is 1.35. The summed E-state index contributed by atoms with van der Waals surface area (Å²) in [7, 11) is 0. The largest absolute Gasteiger partial charge is 0.581 e. The van der Waals surface area contributed by atoms with E-state index in [1.807, 2.05) is 60.8 Å². The number of benzene rings is 2. The summed E-state index contributed by atoms with van der Waals surface area (Å²) >= 11 is 12.4. The van der Waals surface area contributed by atoms with Crippen LogP contribution < -0.4 is 0 Å². The van der Waals surface area contributed by atoms with Crippen LogP contribution in [0.1, 0.15) is 24.1 Å². The van der Waals surface area contributed by atoms with E-state index < -0.39 is 0 Å². The number of aromatic hydroxyl groups is 1. The Bertz CT molecular complexity index is 1050. The first-order valence-corrected chi connectivity index (χ1v) is 10.9. The Labute approximate surface area is 187 Å². The molecule has 1 aliphatic heterocycles. The normalized spacial score (nSPS) is 13.7. The molecular weight excluding hydrogens is 415 g/mol. The number of likely N-dealkylation sites (tertiary alicyclic amines) is 1. The molecule has 2 aromatic carbocycles. The van der Waals surface area contributed by atoms with Crippen molar-refractivity contribution in [2.75, 3.05) is 26.2 Å². The van der Waals surface area contributed by atoms with Crippen molar-refractivity contribution in [3.63, 3.8) is 0 Å². The zero-order valence-electron chi connectivity index (χ0n) is 16.6. The molecule has 5 heteroatoms. The molecule has 0 amide bonds. The highest BCUT2D eigenvalue weighted by molar-refractivity contribution is 6.32. The van der Waals surface area contributed by atoms with Crippen LogP contribution >= 0.6 is 23.2 Å². The average molecular weight is 438 g/mol. The lowest BCUT2D eigenvalue weighted by atomic mass is 10.1. The topological polar surface area (TPSA) is 28.9 Å². The van der Waals surface area contributed by atoms with E-state index >= 15 is 0 Å². The Morgan fingerprint density at radius 1 is 0.900 bits per heavy atom. The summed E-state index contributed by atoms with van der Waals surface area (Å²) in [6.07, 6.45) is 4.42. The van der Waals surface area contributed by atoms with Crippen LogP contribution in [0.5, 0.6) is 5.75 Å². The summed E-state index contributed by atoms with van der Waals surface area (Å²) in [5.41, 5.74) is 3.66. The third-order valence-electron chi connectivity index (χ3n) is 5.12. The monoisotopic (exact) mass is 437 g/mol. The number of halogens is 2. The number of rotatable bonds is 5. The van der Waals surface area contributed by atoms with Gasteiger partial charge < -0.3 is 4.74 Å². The van der Waals surface area contributed by atoms with Crippen LogP contribution in [0.2, 0.25) is 10.0 Å². The number of aromatic nitrogens is 1. The summed E-state index contributed by atoms with van der Waals surface area (Å²) in [5.74, 6) is 7.06. The molecule has 0 bridgehead atoms. The van der Waals surface area contributed by atoms with Gasteiger partial charge in [-0.2, -0.15) is 0 Å². The maximum absolute atomic E-state index is 6.41. The molecule has 0 atom stereocenters. The summed E-state index contributed by atoms with van der Waals surface area (Å²) in [6.45, 7) is 4.14. The molecule has 0 unspecified atom stereocenters. The van der Waals surface area contributed by atoms with Crippen molar-refractivity contribution in [2.24, 2.45) is 0 Å². The quantitative estimate of drug-likeness (QED) is 0.373. The van der Waals surface area contributed by atoms with E-state index in [-0.39, 0.29) is 0 Å². The molecule has 1 N–H and O–H groups in total. The van der Waals surface area contributed by atoms with Crippen molar-refractivity contribution in [1.82, 2.24) is 9.88 Å². The van der Waals surface area contributed by atoms with Gasteiger partial charge in [0.2, 0.25) is 0 Å². The van der Waals surface area contributed by atoms with Gasteiger partial charge in [0, 0.05) is 28.4 Å². The van der Waals surface area contributed by atoms with Crippen LogP contribution in [0.4, 0.5) is 0 Å². The van der Waals surface area contributed by atoms with Crippen molar-refractivity contribution >= 4 is 23.2 Å². The number of hydrogen-bond donors (Lipinski definition) is 0. The summed E-state index contributed by atoms with van der Waals surface area (Å²) in [4.78, 5) is 6.89. The SMILES string of the molecule is Clc1ccc(-c2ccc(C#Cc3ccc([OH+]CCN4CCCC4)c(Cl)c3)nc2)cc1. The van der Waals surface area contributed by atoms with E-state index in [9.17, 15) is 0 Å². The summed E-state index contributed by atoms with van der Waals surface area (Å²) < 4.78 is 4.63. The third-order valence-corrected chi connectivity index (χ3v) is 5.68. The van der Waals surface area contributed by atoms with E-state index in [1.54, 1.807) is 0 Å². The number of nitrogens with zero attached hydrogens (tertiary/aromatic N) is 2. The maximum Gasteiger partial charge on any atom is 0.273 e. The van der Waals surface area contributed by atoms with Crippen molar-refractivity contribution in [3.8, 4) is 28.7 Å². The standard InChI is InChI=1S/C25H22Cl2N2O/c26-22-8-5-20(6-9-22)21-7-11-23(28-18-21)10-3-19-4-12-25(24(27)17-19)30-16-15-29-13-1-2-14-29/h4-9,11-12,17-18H,1-2,13-16H2/p+1. The third kappa shape index (κ3) is 5.55. The number of ether oxygens (including phenoxy) is 1. The molecule has 3 aromatic rings. The van der Waals surface area contributed by atoms with Crippen molar-refractivity contribution < 1.29 is 4.74 Å². The Balaban J connectivity index is 1.37. The van der Waals surface area contributed by atoms with Gasteiger partial charge in [-0.15, -0.1) is 0 Å². The molecule has 1 aromatic heterocycles. The van der Waals surface area contributed by atoms with E-state index in [2.05, 4.69) is 26.5 Å². The van der Waals surface area contributed by atoms with Crippen LogP contribution in [0.15, 0.2) is 60.8 Å². The van der Waals surface area contributed by atoms with Gasteiger partial charge in [0.05, 0.1) is 6.54 Å². The predicted octanol–water partition coefficient (Wildman–Crippen LogP) is 5.79. The van der Waals surface area contributed by atoms with Crippen LogP contribution in [0.25, 0.3) is 11.1 Å². The van der Waals surface area contributed by atoms with Crippen LogP contribution in [0, 0.1) is 11.8 Å². The van der Waals surface area contributed by atoms with Crippen molar-refractivity contribution in [3.05, 3.63) is 82.1 Å². The van der Waals surface area contributed by atoms with Crippen LogP contribution in [0.3, 0.4) is 0 Å². The molecular formula is C25H23Cl2N2O+. The minimum Gasteiger partial charge on any atom is -0.581 e. The molecule has 1 aliphatic rings. The van der Waals surface area contributed by atoms with Crippen LogP contribution in [-0.4, -0.2) is 40.9 Å². The zero-order valence-corrected chi connectivity index (χ0v) is 18.1. The van der Waals surface area contributed by atoms with Gasteiger partial charge in [0.15, 0.2) is 6.61 Å². The molecule has 2 heterocycles. The van der Waals surface area contributed by atoms with E-state index in [0.717, 1.165) is 40.6 Å². The van der Waals surface area contributed by atoms with Gasteiger partial charge in [-0.25, -0.2) is 4.98 Å². The molecule has 4 rings (SSSR count). The molecule has 3 nitrogen and oxygen atoms in total. The Hall–Kier alpha value is -2.51. The Morgan fingerprint density at radius 2 is 1.67 bits per heavy atom. The van der Waals surface area contributed by atoms with E-state index in [0.29, 0.717) is 10.7 Å². The minimum atomic E-state index is 0.634. The summed E-state index contributed by atoms with van der Waals surface area (Å²) in [6, 6.07) is 17.4. The first-order valence-electron chi connectivity index (χ1n) is 10.1. The number of aliphatic hydroxyl groups is 1. The molecule has 0 saturated carbocycles. The van der Waals surface area contributed by atoms with Gasteiger partial charge in [0.25, 0.3) is 5.75 Å². The molecule has 1 fully saturated rings. The van der Waals surface area contributed by atoms with Gasteiger partial charge in [-0.1, -0.05) is 47.3 Å². The average Bonchev–Trinajstić information content (AvgIpc) is 3.28. The van der Waals surface area contributed by atoms with Gasteiger partial charge in [0.1, 0.15) is 10.7 Å². The van der Waals surface area contributed by atoms with E-state index in [4.69, 9.17) is 23.2 Å². The number of hydrogen-bond acceptors (Lipinski definition) is 2. The lowest BCUT2D eigenvalue weighted by molar-refractivity contribution is 0.0515. The number of pyridine rings is 1. The highest BCUT2D eigenvalue weighted by atomic mass is 35.5.